The van der Waals surface area contributed by atoms with Crippen LogP contribution in [0, 0.1) is 3.57 Å². The third-order valence-corrected chi connectivity index (χ3v) is 2.98. The summed E-state index contributed by atoms with van der Waals surface area (Å²) in [6, 6.07) is 8.77. The first kappa shape index (κ1) is 8.99. The summed E-state index contributed by atoms with van der Waals surface area (Å²) in [6.45, 7) is 3.03. The van der Waals surface area contributed by atoms with Crippen molar-refractivity contribution >= 4 is 28.4 Å². The Balaban J connectivity index is 2.31. The van der Waals surface area contributed by atoms with Gasteiger partial charge >= 0.3 is 0 Å². The molecule has 2 nitrogen and oxygen atoms in total. The highest BCUT2D eigenvalue weighted by atomic mass is 127. The lowest BCUT2D eigenvalue weighted by molar-refractivity contribution is 0.726. The molecule has 0 fully saturated rings. The number of rotatable bonds is 1. The van der Waals surface area contributed by atoms with Gasteiger partial charge in [-0.1, -0.05) is 18.2 Å². The molecule has 0 saturated heterocycles. The summed E-state index contributed by atoms with van der Waals surface area (Å²) in [6.07, 6.45) is 0. The quantitative estimate of drug-likeness (QED) is 0.785. The number of benzene rings is 1. The van der Waals surface area contributed by atoms with Gasteiger partial charge in [-0.3, -0.25) is 4.99 Å². The Morgan fingerprint density at radius 1 is 1.46 bits per heavy atom. The molecular formula is C10H11IN2. The molecule has 0 saturated carbocycles. The van der Waals surface area contributed by atoms with Crippen LogP contribution in [-0.4, -0.2) is 18.4 Å². The topological polar surface area (TPSA) is 24.4 Å². The number of aliphatic imine (C=N–C) groups is 1. The molecule has 68 valence electrons. The fourth-order valence-electron chi connectivity index (χ4n) is 1.37. The van der Waals surface area contributed by atoms with E-state index in [1.54, 1.807) is 0 Å². The van der Waals surface area contributed by atoms with Crippen molar-refractivity contribution in [3.63, 3.8) is 0 Å². The zero-order valence-electron chi connectivity index (χ0n) is 7.42. The van der Waals surface area contributed by atoms with E-state index < -0.39 is 0 Å². The van der Waals surface area contributed by atoms with E-state index in [1.807, 2.05) is 12.1 Å². The van der Waals surface area contributed by atoms with Crippen molar-refractivity contribution in [3.05, 3.63) is 33.4 Å². The van der Waals surface area contributed by atoms with Gasteiger partial charge in [0.2, 0.25) is 0 Å². The Hall–Kier alpha value is -0.580. The average Bonchev–Trinajstić information content (AvgIpc) is 2.53. The SMILES string of the molecule is CC1CN=C(c2ccccc2I)N1. The molecule has 1 unspecified atom stereocenters. The van der Waals surface area contributed by atoms with E-state index in [9.17, 15) is 0 Å². The van der Waals surface area contributed by atoms with Crippen molar-refractivity contribution in [1.82, 2.24) is 5.32 Å². The van der Waals surface area contributed by atoms with E-state index in [4.69, 9.17) is 0 Å². The molecule has 13 heavy (non-hydrogen) atoms. The van der Waals surface area contributed by atoms with Crippen molar-refractivity contribution in [3.8, 4) is 0 Å². The molecule has 0 bridgehead atoms. The lowest BCUT2D eigenvalue weighted by Crippen LogP contribution is -2.28. The van der Waals surface area contributed by atoms with E-state index in [0.717, 1.165) is 12.4 Å². The first-order chi connectivity index (χ1) is 6.27. The molecule has 2 rings (SSSR count). The Bertz CT molecular complexity index is 347. The smallest absolute Gasteiger partial charge is 0.129 e. The second-order valence-corrected chi connectivity index (χ2v) is 4.38. The van der Waals surface area contributed by atoms with Crippen molar-refractivity contribution in [2.24, 2.45) is 4.99 Å². The van der Waals surface area contributed by atoms with Crippen LogP contribution in [0.15, 0.2) is 29.3 Å². The predicted octanol–water partition coefficient (Wildman–Crippen LogP) is 2.03. The van der Waals surface area contributed by atoms with E-state index >= 15 is 0 Å². The Morgan fingerprint density at radius 2 is 2.23 bits per heavy atom. The number of nitrogens with one attached hydrogen (secondary N) is 1. The van der Waals surface area contributed by atoms with E-state index in [2.05, 4.69) is 52.0 Å². The lowest BCUT2D eigenvalue weighted by atomic mass is 10.2. The van der Waals surface area contributed by atoms with Crippen LogP contribution < -0.4 is 5.32 Å². The molecule has 0 aromatic heterocycles. The third kappa shape index (κ3) is 1.85. The van der Waals surface area contributed by atoms with Crippen LogP contribution in [0.1, 0.15) is 12.5 Å². The Morgan fingerprint density at radius 3 is 2.85 bits per heavy atom. The first-order valence-electron chi connectivity index (χ1n) is 4.33. The summed E-state index contributed by atoms with van der Waals surface area (Å²) in [5, 5.41) is 3.36. The third-order valence-electron chi connectivity index (χ3n) is 2.04. The van der Waals surface area contributed by atoms with E-state index in [0.29, 0.717) is 6.04 Å². The zero-order chi connectivity index (χ0) is 9.26. The minimum Gasteiger partial charge on any atom is -0.366 e. The maximum Gasteiger partial charge on any atom is 0.129 e. The number of halogens is 1. The highest BCUT2D eigenvalue weighted by Gasteiger charge is 2.15. The van der Waals surface area contributed by atoms with Gasteiger partial charge in [0.25, 0.3) is 0 Å². The molecule has 1 aromatic rings. The normalized spacial score (nSPS) is 21.1. The number of hydrogen-bond acceptors (Lipinski definition) is 2. The molecule has 1 N–H and O–H groups in total. The second kappa shape index (κ2) is 3.65. The molecule has 0 radical (unpaired) electrons. The van der Waals surface area contributed by atoms with Crippen LogP contribution in [0.5, 0.6) is 0 Å². The molecule has 0 aliphatic carbocycles. The van der Waals surface area contributed by atoms with Gasteiger partial charge in [-0.05, 0) is 35.6 Å². The molecule has 0 amide bonds. The van der Waals surface area contributed by atoms with Crippen LogP contribution in [0.2, 0.25) is 0 Å². The van der Waals surface area contributed by atoms with Crippen molar-refractivity contribution in [1.29, 1.82) is 0 Å². The number of hydrogen-bond donors (Lipinski definition) is 1. The summed E-state index contributed by atoms with van der Waals surface area (Å²) in [4.78, 5) is 4.45. The minimum absolute atomic E-state index is 0.478. The average molecular weight is 286 g/mol. The molecule has 1 aromatic carbocycles. The van der Waals surface area contributed by atoms with Crippen molar-refractivity contribution in [2.45, 2.75) is 13.0 Å². The van der Waals surface area contributed by atoms with Gasteiger partial charge in [-0.25, -0.2) is 0 Å². The summed E-state index contributed by atoms with van der Waals surface area (Å²) in [5.41, 5.74) is 1.22. The first-order valence-corrected chi connectivity index (χ1v) is 5.41. The number of amidine groups is 1. The molecule has 3 heteroatoms. The Labute approximate surface area is 91.6 Å². The minimum atomic E-state index is 0.478. The van der Waals surface area contributed by atoms with Crippen molar-refractivity contribution in [2.75, 3.05) is 6.54 Å². The molecular weight excluding hydrogens is 275 g/mol. The van der Waals surface area contributed by atoms with Gasteiger partial charge in [-0.2, -0.15) is 0 Å². The fourth-order valence-corrected chi connectivity index (χ4v) is 2.01. The van der Waals surface area contributed by atoms with Crippen LogP contribution in [0.25, 0.3) is 0 Å². The molecule has 0 spiro atoms. The van der Waals surface area contributed by atoms with E-state index in [-0.39, 0.29) is 0 Å². The van der Waals surface area contributed by atoms with Crippen LogP contribution in [0.3, 0.4) is 0 Å². The molecule has 1 aliphatic rings. The maximum absolute atomic E-state index is 4.45. The molecule has 1 heterocycles. The van der Waals surface area contributed by atoms with Gasteiger partial charge in [0.05, 0.1) is 6.54 Å². The van der Waals surface area contributed by atoms with Crippen LogP contribution in [-0.2, 0) is 0 Å². The van der Waals surface area contributed by atoms with Crippen molar-refractivity contribution < 1.29 is 0 Å². The largest absolute Gasteiger partial charge is 0.366 e. The van der Waals surface area contributed by atoms with E-state index in [1.165, 1.54) is 9.13 Å². The highest BCUT2D eigenvalue weighted by molar-refractivity contribution is 14.1. The highest BCUT2D eigenvalue weighted by Crippen LogP contribution is 2.13. The summed E-state index contributed by atoms with van der Waals surface area (Å²) in [5.74, 6) is 1.04. The summed E-state index contributed by atoms with van der Waals surface area (Å²) in [7, 11) is 0. The zero-order valence-corrected chi connectivity index (χ0v) is 9.58. The maximum atomic E-state index is 4.45. The van der Waals surface area contributed by atoms with Crippen LogP contribution >= 0.6 is 22.6 Å². The van der Waals surface area contributed by atoms with Gasteiger partial charge < -0.3 is 5.32 Å². The van der Waals surface area contributed by atoms with Gasteiger partial charge in [0.15, 0.2) is 0 Å². The fraction of sp³-hybridized carbons (Fsp3) is 0.300. The summed E-state index contributed by atoms with van der Waals surface area (Å²) < 4.78 is 1.25. The lowest BCUT2D eigenvalue weighted by Gasteiger charge is -2.07. The standard InChI is InChI=1S/C10H11IN2/c1-7-6-12-10(13-7)8-4-2-3-5-9(8)11/h2-5,7H,6H2,1H3,(H,12,13). The Kier molecular flexibility index (Phi) is 2.53. The van der Waals surface area contributed by atoms with Crippen LogP contribution in [0.4, 0.5) is 0 Å². The number of nitrogens with zero attached hydrogens (tertiary/aromatic N) is 1. The van der Waals surface area contributed by atoms with Gasteiger partial charge in [0, 0.05) is 15.2 Å². The molecule has 1 atom stereocenters. The van der Waals surface area contributed by atoms with Gasteiger partial charge in [-0.15, -0.1) is 0 Å². The monoisotopic (exact) mass is 286 g/mol. The van der Waals surface area contributed by atoms with Gasteiger partial charge in [0.1, 0.15) is 5.84 Å². The summed E-state index contributed by atoms with van der Waals surface area (Å²) >= 11 is 2.34. The molecule has 1 aliphatic heterocycles. The second-order valence-electron chi connectivity index (χ2n) is 3.21. The predicted molar refractivity (Wildman–Crippen MR) is 63.2 cm³/mol.